The standard InChI is InChI=1S/C11H13N3O2S/c1-2-16-9-4-3-5-12-10(9)13-6-8-7-17-11(15)14-8/h3-5,7H,2,6H2,1H3,(H,12,13)(H,14,15). The van der Waals surface area contributed by atoms with Crippen LogP contribution in [0.3, 0.4) is 0 Å². The van der Waals surface area contributed by atoms with E-state index >= 15 is 0 Å². The maximum absolute atomic E-state index is 11.0. The molecule has 0 amide bonds. The summed E-state index contributed by atoms with van der Waals surface area (Å²) in [6, 6.07) is 3.68. The van der Waals surface area contributed by atoms with Crippen LogP contribution >= 0.6 is 11.3 Å². The molecular formula is C11H13N3O2S. The topological polar surface area (TPSA) is 67.0 Å². The van der Waals surface area contributed by atoms with Gasteiger partial charge in [-0.1, -0.05) is 11.3 Å². The fourth-order valence-electron chi connectivity index (χ4n) is 1.37. The van der Waals surface area contributed by atoms with Gasteiger partial charge in [0.25, 0.3) is 0 Å². The predicted molar refractivity (Wildman–Crippen MR) is 67.7 cm³/mol. The number of aromatic amines is 1. The Kier molecular flexibility index (Phi) is 3.77. The van der Waals surface area contributed by atoms with Gasteiger partial charge in [0.2, 0.25) is 0 Å². The van der Waals surface area contributed by atoms with Gasteiger partial charge in [-0.25, -0.2) is 4.98 Å². The van der Waals surface area contributed by atoms with Gasteiger partial charge in [-0.2, -0.15) is 0 Å². The maximum Gasteiger partial charge on any atom is 0.304 e. The lowest BCUT2D eigenvalue weighted by molar-refractivity contribution is 0.340. The zero-order valence-electron chi connectivity index (χ0n) is 9.40. The van der Waals surface area contributed by atoms with Crippen molar-refractivity contribution in [3.05, 3.63) is 39.1 Å². The molecule has 0 aliphatic heterocycles. The monoisotopic (exact) mass is 251 g/mol. The molecule has 0 saturated carbocycles. The first-order valence-corrected chi connectivity index (χ1v) is 6.16. The molecule has 2 rings (SSSR count). The van der Waals surface area contributed by atoms with E-state index in [-0.39, 0.29) is 4.87 Å². The zero-order chi connectivity index (χ0) is 12.1. The molecule has 0 aliphatic rings. The summed E-state index contributed by atoms with van der Waals surface area (Å²) in [4.78, 5) is 17.8. The minimum Gasteiger partial charge on any atom is -0.490 e. The molecule has 0 aliphatic carbocycles. The number of hydrogen-bond acceptors (Lipinski definition) is 5. The molecule has 5 nitrogen and oxygen atoms in total. The Bertz CT molecular complexity index is 535. The van der Waals surface area contributed by atoms with Crippen LogP contribution in [0.1, 0.15) is 12.6 Å². The van der Waals surface area contributed by atoms with Gasteiger partial charge in [-0.05, 0) is 19.1 Å². The Morgan fingerprint density at radius 1 is 1.59 bits per heavy atom. The molecule has 0 aromatic carbocycles. The van der Waals surface area contributed by atoms with Crippen LogP contribution in [0, 0.1) is 0 Å². The number of ether oxygens (including phenoxy) is 1. The van der Waals surface area contributed by atoms with Gasteiger partial charge in [0.05, 0.1) is 13.2 Å². The van der Waals surface area contributed by atoms with Gasteiger partial charge in [0.15, 0.2) is 11.6 Å². The summed E-state index contributed by atoms with van der Waals surface area (Å²) in [5, 5.41) is 4.92. The first kappa shape index (κ1) is 11.7. The van der Waals surface area contributed by atoms with Crippen molar-refractivity contribution in [2.24, 2.45) is 0 Å². The van der Waals surface area contributed by atoms with E-state index in [0.717, 1.165) is 17.0 Å². The van der Waals surface area contributed by atoms with Crippen molar-refractivity contribution in [1.29, 1.82) is 0 Å². The fourth-order valence-corrected chi connectivity index (χ4v) is 1.96. The number of aromatic nitrogens is 2. The molecule has 0 spiro atoms. The predicted octanol–water partition coefficient (Wildman–Crippen LogP) is 1.84. The van der Waals surface area contributed by atoms with Gasteiger partial charge in [-0.3, -0.25) is 4.79 Å². The average molecular weight is 251 g/mol. The van der Waals surface area contributed by atoms with Gasteiger partial charge in [-0.15, -0.1) is 0 Å². The number of rotatable bonds is 5. The Morgan fingerprint density at radius 2 is 2.47 bits per heavy atom. The molecule has 0 unspecified atom stereocenters. The third-order valence-electron chi connectivity index (χ3n) is 2.09. The molecular weight excluding hydrogens is 238 g/mol. The summed E-state index contributed by atoms with van der Waals surface area (Å²) >= 11 is 1.15. The van der Waals surface area contributed by atoms with Crippen molar-refractivity contribution < 1.29 is 4.74 Å². The molecule has 2 aromatic heterocycles. The van der Waals surface area contributed by atoms with Gasteiger partial charge in [0, 0.05) is 17.3 Å². The van der Waals surface area contributed by atoms with Crippen LogP contribution in [-0.4, -0.2) is 16.6 Å². The highest BCUT2D eigenvalue weighted by molar-refractivity contribution is 7.07. The number of nitrogens with zero attached hydrogens (tertiary/aromatic N) is 1. The second-order valence-electron chi connectivity index (χ2n) is 3.31. The lowest BCUT2D eigenvalue weighted by Gasteiger charge is -2.09. The van der Waals surface area contributed by atoms with E-state index in [0.29, 0.717) is 24.7 Å². The second kappa shape index (κ2) is 5.49. The molecule has 0 radical (unpaired) electrons. The lowest BCUT2D eigenvalue weighted by atomic mass is 10.4. The normalized spacial score (nSPS) is 10.2. The van der Waals surface area contributed by atoms with E-state index in [1.54, 1.807) is 11.6 Å². The minimum atomic E-state index is -0.0483. The molecule has 0 bridgehead atoms. The van der Waals surface area contributed by atoms with Gasteiger partial charge >= 0.3 is 4.87 Å². The van der Waals surface area contributed by atoms with Crippen LogP contribution in [-0.2, 0) is 6.54 Å². The van der Waals surface area contributed by atoms with Gasteiger partial charge in [0.1, 0.15) is 0 Å². The Labute approximate surface area is 102 Å². The zero-order valence-corrected chi connectivity index (χ0v) is 10.2. The summed E-state index contributed by atoms with van der Waals surface area (Å²) < 4.78 is 5.44. The first-order valence-electron chi connectivity index (χ1n) is 5.28. The van der Waals surface area contributed by atoms with Crippen LogP contribution in [0.2, 0.25) is 0 Å². The van der Waals surface area contributed by atoms with Crippen LogP contribution < -0.4 is 14.9 Å². The summed E-state index contributed by atoms with van der Waals surface area (Å²) in [5.41, 5.74) is 0.841. The van der Waals surface area contributed by atoms with Crippen LogP contribution in [0.5, 0.6) is 5.75 Å². The third-order valence-corrected chi connectivity index (χ3v) is 2.81. The summed E-state index contributed by atoms with van der Waals surface area (Å²) in [7, 11) is 0. The van der Waals surface area contributed by atoms with E-state index < -0.39 is 0 Å². The molecule has 0 saturated heterocycles. The number of hydrogen-bond donors (Lipinski definition) is 2. The van der Waals surface area contributed by atoms with Crippen LogP contribution in [0.25, 0.3) is 0 Å². The van der Waals surface area contributed by atoms with Crippen molar-refractivity contribution in [3.8, 4) is 5.75 Å². The Balaban J connectivity index is 2.05. The number of thiazole rings is 1. The molecule has 2 N–H and O–H groups in total. The van der Waals surface area contributed by atoms with Crippen LogP contribution in [0.15, 0.2) is 28.5 Å². The highest BCUT2D eigenvalue weighted by Gasteiger charge is 2.04. The molecule has 0 fully saturated rings. The number of nitrogens with one attached hydrogen (secondary N) is 2. The van der Waals surface area contributed by atoms with Crippen molar-refractivity contribution in [2.75, 3.05) is 11.9 Å². The van der Waals surface area contributed by atoms with E-state index in [1.165, 1.54) is 0 Å². The van der Waals surface area contributed by atoms with Crippen molar-refractivity contribution >= 4 is 17.2 Å². The largest absolute Gasteiger partial charge is 0.490 e. The van der Waals surface area contributed by atoms with Crippen molar-refractivity contribution in [2.45, 2.75) is 13.5 Å². The number of pyridine rings is 1. The van der Waals surface area contributed by atoms with E-state index in [1.807, 2.05) is 19.1 Å². The average Bonchev–Trinajstić information content (AvgIpc) is 2.74. The smallest absolute Gasteiger partial charge is 0.304 e. The lowest BCUT2D eigenvalue weighted by Crippen LogP contribution is -2.06. The third kappa shape index (κ3) is 3.07. The van der Waals surface area contributed by atoms with E-state index in [9.17, 15) is 4.79 Å². The maximum atomic E-state index is 11.0. The minimum absolute atomic E-state index is 0.0483. The Morgan fingerprint density at radius 3 is 3.18 bits per heavy atom. The molecule has 90 valence electrons. The second-order valence-corrected chi connectivity index (χ2v) is 4.15. The van der Waals surface area contributed by atoms with Gasteiger partial charge < -0.3 is 15.0 Å². The van der Waals surface area contributed by atoms with Crippen LogP contribution in [0.4, 0.5) is 5.82 Å². The summed E-state index contributed by atoms with van der Waals surface area (Å²) in [5.74, 6) is 1.40. The molecule has 2 aromatic rings. The number of anilines is 1. The fraction of sp³-hybridized carbons (Fsp3) is 0.273. The molecule has 17 heavy (non-hydrogen) atoms. The number of H-pyrrole nitrogens is 1. The quantitative estimate of drug-likeness (QED) is 0.851. The highest BCUT2D eigenvalue weighted by Crippen LogP contribution is 2.21. The summed E-state index contributed by atoms with van der Waals surface area (Å²) in [6.45, 7) is 3.04. The molecule has 0 atom stereocenters. The molecule has 2 heterocycles. The van der Waals surface area contributed by atoms with Crippen molar-refractivity contribution in [1.82, 2.24) is 9.97 Å². The van der Waals surface area contributed by atoms with E-state index in [2.05, 4.69) is 15.3 Å². The summed E-state index contributed by atoms with van der Waals surface area (Å²) in [6.07, 6.45) is 1.70. The Hall–Kier alpha value is -1.82. The van der Waals surface area contributed by atoms with Crippen molar-refractivity contribution in [3.63, 3.8) is 0 Å². The molecule has 6 heteroatoms. The first-order chi connectivity index (χ1) is 8.29. The van der Waals surface area contributed by atoms with E-state index in [4.69, 9.17) is 4.74 Å². The highest BCUT2D eigenvalue weighted by atomic mass is 32.1. The SMILES string of the molecule is CCOc1cccnc1NCc1csc(=O)[nH]1.